The van der Waals surface area contributed by atoms with Crippen molar-refractivity contribution in [1.82, 2.24) is 10.3 Å². The Labute approximate surface area is 153 Å². The van der Waals surface area contributed by atoms with Gasteiger partial charge in [0.2, 0.25) is 0 Å². The zero-order chi connectivity index (χ0) is 19.8. The van der Waals surface area contributed by atoms with E-state index in [2.05, 4.69) is 15.0 Å². The Morgan fingerprint density at radius 2 is 1.89 bits per heavy atom. The normalized spacial score (nSPS) is 10.5. The minimum atomic E-state index is -2.88. The molecule has 1 aromatic carbocycles. The van der Waals surface area contributed by atoms with E-state index >= 15 is 0 Å². The Bertz CT molecular complexity index is 802. The molecule has 27 heavy (non-hydrogen) atoms. The summed E-state index contributed by atoms with van der Waals surface area (Å²) in [7, 11) is 0. The number of carbonyl (C=O) groups excluding carboxylic acids is 3. The maximum absolute atomic E-state index is 12.1. The highest BCUT2D eigenvalue weighted by Crippen LogP contribution is 2.15. The molecule has 1 aromatic heterocycles. The van der Waals surface area contributed by atoms with E-state index in [-0.39, 0.29) is 23.8 Å². The van der Waals surface area contributed by atoms with Gasteiger partial charge < -0.3 is 19.8 Å². The van der Waals surface area contributed by atoms with Gasteiger partial charge in [0.25, 0.3) is 5.91 Å². The van der Waals surface area contributed by atoms with E-state index in [0.717, 1.165) is 5.56 Å². The molecule has 0 bridgehead atoms. The van der Waals surface area contributed by atoms with Gasteiger partial charge in [-0.2, -0.15) is 8.78 Å². The van der Waals surface area contributed by atoms with E-state index in [1.54, 1.807) is 12.1 Å². The number of H-pyrrole nitrogens is 1. The van der Waals surface area contributed by atoms with Gasteiger partial charge in [0.15, 0.2) is 12.4 Å². The zero-order valence-corrected chi connectivity index (χ0v) is 14.5. The molecular formula is C18H18F2N2O5. The Kier molecular flexibility index (Phi) is 7.04. The summed E-state index contributed by atoms with van der Waals surface area (Å²) < 4.78 is 33.2. The Balaban J connectivity index is 1.69. The summed E-state index contributed by atoms with van der Waals surface area (Å²) in [5, 5.41) is 2.58. The fourth-order valence-electron chi connectivity index (χ4n) is 2.16. The van der Waals surface area contributed by atoms with Crippen LogP contribution in [-0.4, -0.2) is 42.4 Å². The lowest BCUT2D eigenvalue weighted by atomic mass is 10.1. The minimum absolute atomic E-state index is 0.0574. The van der Waals surface area contributed by atoms with Crippen LogP contribution in [0, 0.1) is 0 Å². The molecule has 2 N–H and O–H groups in total. The van der Waals surface area contributed by atoms with Crippen LogP contribution in [0.5, 0.6) is 5.75 Å². The van der Waals surface area contributed by atoms with Gasteiger partial charge in [-0.1, -0.05) is 12.1 Å². The number of ether oxygens (including phenoxy) is 2. The van der Waals surface area contributed by atoms with Crippen molar-refractivity contribution in [2.45, 2.75) is 20.0 Å². The van der Waals surface area contributed by atoms with Crippen molar-refractivity contribution >= 4 is 17.7 Å². The van der Waals surface area contributed by atoms with Crippen LogP contribution in [-0.2, 0) is 16.0 Å². The number of aromatic nitrogens is 1. The van der Waals surface area contributed by atoms with Gasteiger partial charge >= 0.3 is 12.6 Å². The van der Waals surface area contributed by atoms with Crippen LogP contribution in [0.1, 0.15) is 33.3 Å². The van der Waals surface area contributed by atoms with Crippen molar-refractivity contribution in [1.29, 1.82) is 0 Å². The van der Waals surface area contributed by atoms with Gasteiger partial charge in [-0.25, -0.2) is 4.79 Å². The fourth-order valence-corrected chi connectivity index (χ4v) is 2.16. The average molecular weight is 380 g/mol. The van der Waals surface area contributed by atoms with E-state index in [4.69, 9.17) is 4.74 Å². The number of carbonyl (C=O) groups is 3. The molecule has 0 aliphatic carbocycles. The second-order valence-electron chi connectivity index (χ2n) is 5.56. The summed E-state index contributed by atoms with van der Waals surface area (Å²) >= 11 is 0. The number of alkyl halides is 2. The van der Waals surface area contributed by atoms with Crippen molar-refractivity contribution < 1.29 is 32.6 Å². The van der Waals surface area contributed by atoms with Crippen LogP contribution < -0.4 is 10.1 Å². The van der Waals surface area contributed by atoms with Crippen molar-refractivity contribution in [2.24, 2.45) is 0 Å². The number of esters is 1. The average Bonchev–Trinajstić information content (AvgIpc) is 3.11. The van der Waals surface area contributed by atoms with Gasteiger partial charge in [0.1, 0.15) is 11.4 Å². The van der Waals surface area contributed by atoms with Gasteiger partial charge in [-0.3, -0.25) is 9.59 Å². The Morgan fingerprint density at radius 3 is 2.48 bits per heavy atom. The van der Waals surface area contributed by atoms with Crippen molar-refractivity contribution in [3.05, 3.63) is 53.3 Å². The third-order valence-corrected chi connectivity index (χ3v) is 3.53. The van der Waals surface area contributed by atoms with Crippen LogP contribution in [0.15, 0.2) is 36.5 Å². The largest absolute Gasteiger partial charge is 0.451 e. The monoisotopic (exact) mass is 380 g/mol. The number of nitrogens with one attached hydrogen (secondary N) is 2. The van der Waals surface area contributed by atoms with Crippen molar-refractivity contribution in [3.63, 3.8) is 0 Å². The van der Waals surface area contributed by atoms with Crippen LogP contribution in [0.4, 0.5) is 8.78 Å². The second-order valence-corrected chi connectivity index (χ2v) is 5.56. The summed E-state index contributed by atoms with van der Waals surface area (Å²) in [5.74, 6) is -1.37. The van der Waals surface area contributed by atoms with E-state index in [9.17, 15) is 23.2 Å². The first-order valence-corrected chi connectivity index (χ1v) is 8.02. The number of ketones is 1. The molecule has 0 aliphatic rings. The van der Waals surface area contributed by atoms with E-state index in [1.807, 2.05) is 0 Å². The summed E-state index contributed by atoms with van der Waals surface area (Å²) in [6.07, 6.45) is 1.85. The highest BCUT2D eigenvalue weighted by atomic mass is 19.3. The lowest BCUT2D eigenvalue weighted by molar-refractivity contribution is -0.124. The first-order chi connectivity index (χ1) is 12.8. The summed E-state index contributed by atoms with van der Waals surface area (Å²) in [5.41, 5.74) is 1.24. The molecule has 0 atom stereocenters. The zero-order valence-electron chi connectivity index (χ0n) is 14.5. The van der Waals surface area contributed by atoms with Crippen LogP contribution in [0.25, 0.3) is 0 Å². The maximum atomic E-state index is 12.1. The molecule has 1 heterocycles. The molecule has 0 unspecified atom stereocenters. The second kappa shape index (κ2) is 9.46. The molecule has 0 aliphatic heterocycles. The van der Waals surface area contributed by atoms with Gasteiger partial charge in [-0.05, 0) is 37.1 Å². The SMILES string of the molecule is CC(=O)c1c[nH]c(C(=O)OCC(=O)NCCc2ccc(OC(F)F)cc2)c1. The number of benzene rings is 1. The summed E-state index contributed by atoms with van der Waals surface area (Å²) in [6.45, 7) is -1.69. The molecule has 0 saturated carbocycles. The first-order valence-electron chi connectivity index (χ1n) is 8.02. The topological polar surface area (TPSA) is 97.5 Å². The molecule has 9 heteroatoms. The summed E-state index contributed by atoms with van der Waals surface area (Å²) in [4.78, 5) is 37.3. The van der Waals surface area contributed by atoms with Crippen LogP contribution >= 0.6 is 0 Å². The molecule has 144 valence electrons. The van der Waals surface area contributed by atoms with E-state index in [1.165, 1.54) is 31.3 Å². The molecular weight excluding hydrogens is 362 g/mol. The third-order valence-electron chi connectivity index (χ3n) is 3.53. The third kappa shape index (κ3) is 6.53. The van der Waals surface area contributed by atoms with Crippen molar-refractivity contribution in [2.75, 3.05) is 13.2 Å². The predicted molar refractivity (Wildman–Crippen MR) is 90.9 cm³/mol. The number of hydrogen-bond acceptors (Lipinski definition) is 5. The van der Waals surface area contributed by atoms with Gasteiger partial charge in [0.05, 0.1) is 0 Å². The smallest absolute Gasteiger partial charge is 0.387 e. The summed E-state index contributed by atoms with van der Waals surface area (Å²) in [6, 6.07) is 7.40. The quantitative estimate of drug-likeness (QED) is 0.514. The van der Waals surface area contributed by atoms with E-state index < -0.39 is 25.1 Å². The number of rotatable bonds is 9. The number of Topliss-reactive ketones (excluding diaryl/α,β-unsaturated/α-hetero) is 1. The molecule has 0 saturated heterocycles. The Hall–Kier alpha value is -3.23. The van der Waals surface area contributed by atoms with Crippen LogP contribution in [0.3, 0.4) is 0 Å². The van der Waals surface area contributed by atoms with Gasteiger partial charge in [-0.15, -0.1) is 0 Å². The predicted octanol–water partition coefficient (Wildman–Crippen LogP) is 2.33. The fraction of sp³-hybridized carbons (Fsp3) is 0.278. The highest BCUT2D eigenvalue weighted by Gasteiger charge is 2.13. The highest BCUT2D eigenvalue weighted by molar-refractivity contribution is 5.97. The molecule has 2 rings (SSSR count). The molecule has 2 aromatic rings. The maximum Gasteiger partial charge on any atom is 0.387 e. The lowest BCUT2D eigenvalue weighted by Crippen LogP contribution is -2.30. The molecule has 0 fully saturated rings. The molecule has 0 spiro atoms. The van der Waals surface area contributed by atoms with Crippen LogP contribution in [0.2, 0.25) is 0 Å². The minimum Gasteiger partial charge on any atom is -0.451 e. The first kappa shape index (κ1) is 20.1. The molecule has 7 nitrogen and oxygen atoms in total. The van der Waals surface area contributed by atoms with Crippen molar-refractivity contribution in [3.8, 4) is 5.75 Å². The number of aromatic amines is 1. The molecule has 1 amide bonds. The number of halogens is 2. The Morgan fingerprint density at radius 1 is 1.19 bits per heavy atom. The lowest BCUT2D eigenvalue weighted by Gasteiger charge is -2.07. The number of amides is 1. The molecule has 0 radical (unpaired) electrons. The number of hydrogen-bond donors (Lipinski definition) is 2. The standard InChI is InChI=1S/C18H18F2N2O5/c1-11(23)13-8-15(22-9-13)17(25)26-10-16(24)21-7-6-12-2-4-14(5-3-12)27-18(19)20/h2-5,8-9,18,22H,6-7,10H2,1H3,(H,21,24). The van der Waals surface area contributed by atoms with E-state index in [0.29, 0.717) is 12.0 Å². The van der Waals surface area contributed by atoms with Gasteiger partial charge in [0, 0.05) is 18.3 Å².